The van der Waals surface area contributed by atoms with Crippen molar-refractivity contribution in [3.05, 3.63) is 51.0 Å². The van der Waals surface area contributed by atoms with E-state index in [0.717, 1.165) is 10.5 Å². The summed E-state index contributed by atoms with van der Waals surface area (Å²) in [7, 11) is 1.47. The fourth-order valence-corrected chi connectivity index (χ4v) is 3.83. The van der Waals surface area contributed by atoms with E-state index in [1.807, 2.05) is 13.8 Å². The summed E-state index contributed by atoms with van der Waals surface area (Å²) in [6.07, 6.45) is -0.0963. The molecule has 0 spiro atoms. The fourth-order valence-electron chi connectivity index (χ4n) is 3.10. The number of hydrogen-bond donors (Lipinski definition) is 2. The summed E-state index contributed by atoms with van der Waals surface area (Å²) < 4.78 is 11.4. The second-order valence-corrected chi connectivity index (χ2v) is 8.04. The van der Waals surface area contributed by atoms with Crippen molar-refractivity contribution in [2.75, 3.05) is 18.6 Å². The van der Waals surface area contributed by atoms with E-state index < -0.39 is 17.9 Å². The van der Waals surface area contributed by atoms with Crippen LogP contribution in [-0.2, 0) is 9.59 Å². The third-order valence-electron chi connectivity index (χ3n) is 4.70. The minimum Gasteiger partial charge on any atom is -0.493 e. The third-order valence-corrected chi connectivity index (χ3v) is 5.70. The van der Waals surface area contributed by atoms with Gasteiger partial charge in [0.2, 0.25) is 5.91 Å². The molecule has 1 saturated heterocycles. The molecule has 2 N–H and O–H groups in total. The van der Waals surface area contributed by atoms with Crippen molar-refractivity contribution in [1.29, 1.82) is 0 Å². The van der Waals surface area contributed by atoms with E-state index >= 15 is 0 Å². The summed E-state index contributed by atoms with van der Waals surface area (Å²) in [6, 6.07) is 7.16. The first-order valence-electron chi connectivity index (χ1n) is 9.46. The number of nitrogens with zero attached hydrogens (tertiary/aromatic N) is 1. The summed E-state index contributed by atoms with van der Waals surface area (Å²) in [6.45, 7) is 4.10. The number of aryl methyl sites for hydroxylation is 1. The molecule has 10 heteroatoms. The summed E-state index contributed by atoms with van der Waals surface area (Å²) in [5.41, 5.74) is 6.64. The normalized spacial score (nSPS) is 15.9. The lowest BCUT2D eigenvalue weighted by Gasteiger charge is -2.17. The standard InChI is InChI=1S/C21H21BrClN3O5/c1-4-31-19-14(22)7-12(8-17(19)30-3)20(28)25-24-16-10-18(27)26(21(16)29)13-6-5-11(2)15(23)9-13/h5-9,16,24H,4,10H2,1-3H3,(H,25,28)/t16-/m1/s1. The Bertz CT molecular complexity index is 1050. The Morgan fingerprint density at radius 3 is 2.68 bits per heavy atom. The Morgan fingerprint density at radius 2 is 2.03 bits per heavy atom. The zero-order valence-electron chi connectivity index (χ0n) is 17.1. The van der Waals surface area contributed by atoms with Crippen molar-refractivity contribution in [3.8, 4) is 11.5 Å². The Morgan fingerprint density at radius 1 is 1.29 bits per heavy atom. The van der Waals surface area contributed by atoms with E-state index in [9.17, 15) is 14.4 Å². The Kier molecular flexibility index (Phi) is 7.19. The number of ether oxygens (including phenoxy) is 2. The predicted octanol–water partition coefficient (Wildman–Crippen LogP) is 3.38. The Balaban J connectivity index is 1.71. The summed E-state index contributed by atoms with van der Waals surface area (Å²) in [5.74, 6) is -0.494. The molecule has 1 heterocycles. The molecular weight excluding hydrogens is 490 g/mol. The van der Waals surface area contributed by atoms with E-state index in [1.54, 1.807) is 24.3 Å². The molecule has 3 amide bonds. The molecule has 31 heavy (non-hydrogen) atoms. The maximum absolute atomic E-state index is 12.7. The first kappa shape index (κ1) is 23.1. The van der Waals surface area contributed by atoms with Crippen LogP contribution in [0, 0.1) is 6.92 Å². The van der Waals surface area contributed by atoms with Crippen LogP contribution < -0.4 is 25.2 Å². The van der Waals surface area contributed by atoms with Gasteiger partial charge in [0.05, 0.1) is 30.3 Å². The number of anilines is 1. The van der Waals surface area contributed by atoms with Crippen LogP contribution >= 0.6 is 27.5 Å². The molecule has 1 atom stereocenters. The van der Waals surface area contributed by atoms with E-state index in [-0.39, 0.29) is 17.9 Å². The largest absolute Gasteiger partial charge is 0.493 e. The van der Waals surface area contributed by atoms with Crippen LogP contribution in [0.4, 0.5) is 5.69 Å². The molecule has 1 aliphatic rings. The highest BCUT2D eigenvalue weighted by Crippen LogP contribution is 2.36. The SMILES string of the molecule is CCOc1c(Br)cc(C(=O)NN[C@@H]2CC(=O)N(c3ccc(C)c(Cl)c3)C2=O)cc1OC. The zero-order valence-corrected chi connectivity index (χ0v) is 19.5. The van der Waals surface area contributed by atoms with E-state index in [4.69, 9.17) is 21.1 Å². The van der Waals surface area contributed by atoms with Crippen molar-refractivity contribution in [3.63, 3.8) is 0 Å². The van der Waals surface area contributed by atoms with Crippen molar-refractivity contribution in [1.82, 2.24) is 10.9 Å². The van der Waals surface area contributed by atoms with E-state index in [0.29, 0.717) is 33.3 Å². The van der Waals surface area contributed by atoms with Gasteiger partial charge in [0.1, 0.15) is 6.04 Å². The number of nitrogens with one attached hydrogen (secondary N) is 2. The molecule has 1 fully saturated rings. The van der Waals surface area contributed by atoms with Gasteiger partial charge in [-0.1, -0.05) is 17.7 Å². The van der Waals surface area contributed by atoms with Crippen LogP contribution in [0.1, 0.15) is 29.3 Å². The molecule has 0 saturated carbocycles. The minimum absolute atomic E-state index is 0.0963. The molecule has 2 aromatic carbocycles. The summed E-state index contributed by atoms with van der Waals surface area (Å²) in [4.78, 5) is 38.8. The molecule has 0 radical (unpaired) electrons. The number of carbonyl (C=O) groups excluding carboxylic acids is 3. The van der Waals surface area contributed by atoms with Gasteiger partial charge in [-0.2, -0.15) is 0 Å². The van der Waals surface area contributed by atoms with Crippen molar-refractivity contribution in [2.24, 2.45) is 0 Å². The van der Waals surface area contributed by atoms with Crippen LogP contribution in [0.5, 0.6) is 11.5 Å². The molecule has 0 aromatic heterocycles. The van der Waals surface area contributed by atoms with Crippen LogP contribution in [0.2, 0.25) is 5.02 Å². The lowest BCUT2D eigenvalue weighted by molar-refractivity contribution is -0.121. The first-order valence-corrected chi connectivity index (χ1v) is 10.6. The molecule has 8 nitrogen and oxygen atoms in total. The predicted molar refractivity (Wildman–Crippen MR) is 120 cm³/mol. The van der Waals surface area contributed by atoms with Gasteiger partial charge < -0.3 is 9.47 Å². The number of methoxy groups -OCH3 is 1. The topological polar surface area (TPSA) is 97.0 Å². The highest BCUT2D eigenvalue weighted by Gasteiger charge is 2.40. The minimum atomic E-state index is -0.899. The number of halogens is 2. The Labute approximate surface area is 192 Å². The smallest absolute Gasteiger partial charge is 0.265 e. The van der Waals surface area contributed by atoms with E-state index in [2.05, 4.69) is 26.8 Å². The van der Waals surface area contributed by atoms with Gasteiger partial charge in [-0.3, -0.25) is 19.8 Å². The maximum atomic E-state index is 12.7. The van der Waals surface area contributed by atoms with Crippen molar-refractivity contribution >= 4 is 50.9 Å². The second-order valence-electron chi connectivity index (χ2n) is 6.78. The Hall–Kier alpha value is -2.62. The molecular formula is C21H21BrClN3O5. The van der Waals surface area contributed by atoms with Gasteiger partial charge in [0.25, 0.3) is 11.8 Å². The average Bonchev–Trinajstić information content (AvgIpc) is 3.02. The lowest BCUT2D eigenvalue weighted by atomic mass is 10.2. The van der Waals surface area contributed by atoms with Gasteiger partial charge in [0, 0.05) is 10.6 Å². The van der Waals surface area contributed by atoms with Crippen molar-refractivity contribution < 1.29 is 23.9 Å². The van der Waals surface area contributed by atoms with Crippen LogP contribution in [0.3, 0.4) is 0 Å². The van der Waals surface area contributed by atoms with Crippen LogP contribution in [0.15, 0.2) is 34.8 Å². The number of benzene rings is 2. The van der Waals surface area contributed by atoms with Gasteiger partial charge in [-0.25, -0.2) is 10.3 Å². The average molecular weight is 511 g/mol. The third kappa shape index (κ3) is 4.84. The quantitative estimate of drug-likeness (QED) is 0.438. The number of carbonyl (C=O) groups is 3. The lowest BCUT2D eigenvalue weighted by Crippen LogP contribution is -2.48. The molecule has 0 unspecified atom stereocenters. The molecule has 1 aliphatic heterocycles. The highest BCUT2D eigenvalue weighted by atomic mass is 79.9. The molecule has 3 rings (SSSR count). The molecule has 0 bridgehead atoms. The van der Waals surface area contributed by atoms with Crippen LogP contribution in [0.25, 0.3) is 0 Å². The first-order chi connectivity index (χ1) is 14.8. The second kappa shape index (κ2) is 9.67. The van der Waals surface area contributed by atoms with Crippen LogP contribution in [-0.4, -0.2) is 37.5 Å². The van der Waals surface area contributed by atoms with Gasteiger partial charge >= 0.3 is 0 Å². The van der Waals surface area contributed by atoms with Gasteiger partial charge in [-0.05, 0) is 59.6 Å². The summed E-state index contributed by atoms with van der Waals surface area (Å²) in [5, 5.41) is 0.456. The van der Waals surface area contributed by atoms with Crippen molar-refractivity contribution in [2.45, 2.75) is 26.3 Å². The maximum Gasteiger partial charge on any atom is 0.265 e. The number of hydrogen-bond acceptors (Lipinski definition) is 6. The summed E-state index contributed by atoms with van der Waals surface area (Å²) >= 11 is 9.48. The number of amides is 3. The fraction of sp³-hybridized carbons (Fsp3) is 0.286. The number of hydrazine groups is 1. The van der Waals surface area contributed by atoms with Gasteiger partial charge in [0.15, 0.2) is 11.5 Å². The highest BCUT2D eigenvalue weighted by molar-refractivity contribution is 9.10. The monoisotopic (exact) mass is 509 g/mol. The molecule has 164 valence electrons. The van der Waals surface area contributed by atoms with Gasteiger partial charge in [-0.15, -0.1) is 0 Å². The number of imide groups is 1. The number of rotatable bonds is 7. The molecule has 0 aliphatic carbocycles. The van der Waals surface area contributed by atoms with E-state index in [1.165, 1.54) is 13.2 Å². The zero-order chi connectivity index (χ0) is 22.7. The molecule has 2 aromatic rings.